The minimum Gasteiger partial charge on any atom is -0.452 e. The first-order valence-electron chi connectivity index (χ1n) is 12.0. The summed E-state index contributed by atoms with van der Waals surface area (Å²) >= 11 is 0. The van der Waals surface area contributed by atoms with Crippen LogP contribution in [0.25, 0.3) is 0 Å². The van der Waals surface area contributed by atoms with E-state index in [1.165, 1.54) is 24.4 Å². The van der Waals surface area contributed by atoms with Crippen molar-refractivity contribution >= 4 is 23.7 Å². The Hall–Kier alpha value is -3.89. The smallest absolute Gasteiger partial charge is 0.351 e. The lowest BCUT2D eigenvalue weighted by Crippen LogP contribution is -2.45. The Morgan fingerprint density at radius 2 is 1.77 bits per heavy atom. The lowest BCUT2D eigenvalue weighted by atomic mass is 10.0. The van der Waals surface area contributed by atoms with Crippen molar-refractivity contribution in [1.29, 1.82) is 0 Å². The predicted octanol–water partition coefficient (Wildman–Crippen LogP) is -0.914. The van der Waals surface area contributed by atoms with Gasteiger partial charge in [0.2, 0.25) is 0 Å². The number of aromatic nitrogens is 2. The van der Waals surface area contributed by atoms with E-state index in [2.05, 4.69) is 10.5 Å². The Morgan fingerprint density at radius 3 is 2.36 bits per heavy atom. The van der Waals surface area contributed by atoms with Gasteiger partial charge in [0.05, 0.1) is 36.3 Å². The minimum atomic E-state index is -1.59. The van der Waals surface area contributed by atoms with Crippen molar-refractivity contribution in [3.8, 4) is 0 Å². The monoisotopic (exact) mass is 548 g/mol. The Balaban J connectivity index is 1.63. The summed E-state index contributed by atoms with van der Waals surface area (Å²) in [5.74, 6) is -2.76. The highest BCUT2D eigenvalue weighted by molar-refractivity contribution is 6.03. The van der Waals surface area contributed by atoms with E-state index in [1.54, 1.807) is 26.0 Å². The average Bonchev–Trinajstić information content (AvgIpc) is 3.24. The van der Waals surface area contributed by atoms with E-state index in [1.807, 2.05) is 0 Å². The molecule has 1 saturated heterocycles. The molecule has 4 rings (SSSR count). The van der Waals surface area contributed by atoms with Crippen molar-refractivity contribution < 1.29 is 48.4 Å². The molecule has 2 aliphatic rings. The van der Waals surface area contributed by atoms with Gasteiger partial charge in [-0.3, -0.25) is 4.57 Å². The topological polar surface area (TPSA) is 211 Å². The van der Waals surface area contributed by atoms with Crippen molar-refractivity contribution in [3.63, 3.8) is 0 Å². The fourth-order valence-corrected chi connectivity index (χ4v) is 3.84. The van der Waals surface area contributed by atoms with Crippen LogP contribution in [0, 0.1) is 5.92 Å². The molecule has 0 amide bonds. The Labute approximate surface area is 221 Å². The van der Waals surface area contributed by atoms with Gasteiger partial charge >= 0.3 is 23.6 Å². The summed E-state index contributed by atoms with van der Waals surface area (Å²) in [6.45, 7) is 2.27. The molecule has 39 heavy (non-hydrogen) atoms. The van der Waals surface area contributed by atoms with Gasteiger partial charge in [0.25, 0.3) is 0 Å². The number of fused-ring (bicyclic) bond motifs is 2. The second-order valence-corrected chi connectivity index (χ2v) is 9.10. The number of anilines is 1. The zero-order chi connectivity index (χ0) is 28.3. The zero-order valence-corrected chi connectivity index (χ0v) is 21.0. The molecule has 1 unspecified atom stereocenters. The summed E-state index contributed by atoms with van der Waals surface area (Å²) in [5.41, 5.74) is 6.91. The van der Waals surface area contributed by atoms with Crippen molar-refractivity contribution in [3.05, 3.63) is 58.1 Å². The first kappa shape index (κ1) is 28.1. The number of hydrogen-bond donors (Lipinski definition) is 4. The predicted molar refractivity (Wildman–Crippen MR) is 129 cm³/mol. The van der Waals surface area contributed by atoms with E-state index < -0.39 is 79.6 Å². The van der Waals surface area contributed by atoms with Gasteiger partial charge in [-0.2, -0.15) is 4.98 Å². The van der Waals surface area contributed by atoms with Gasteiger partial charge in [0.15, 0.2) is 30.5 Å². The number of carbonyl (C=O) groups excluding carboxylic acids is 3. The molecular formula is C24H28N4O11. The molecule has 0 saturated carbocycles. The number of aliphatic hydroxyl groups excluding tert-OH is 2. The fraction of sp³-hybridized carbons (Fsp3) is 0.458. The van der Waals surface area contributed by atoms with Gasteiger partial charge in [-0.05, 0) is 12.1 Å². The number of nitrogens with zero attached hydrogens (tertiary/aromatic N) is 2. The number of benzene rings is 1. The molecule has 1 fully saturated rings. The standard InChI is InChI=1S/C24H28N4O11/c1-11(2)20(30)39-27-16-7-8-28(24(34)26-16)19-18-17(15(36-19)10-35-23(33)14(25)9-29)37-21(31)12-5-3-4-6-13(12)22(32)38-18/h3-8,11,14-15,17-19,23,29,33H,9-10,25H2,1-2H3,(H,26,27,34)/t14-,15+,17+,18+,19+,23?/m0/s1. The molecule has 6 atom stereocenters. The number of ether oxygens (including phenoxy) is 4. The van der Waals surface area contributed by atoms with E-state index in [4.69, 9.17) is 34.6 Å². The largest absolute Gasteiger partial charge is 0.452 e. The Kier molecular flexibility index (Phi) is 8.57. The highest BCUT2D eigenvalue weighted by Crippen LogP contribution is 2.36. The van der Waals surface area contributed by atoms with Crippen LogP contribution < -0.4 is 16.9 Å². The van der Waals surface area contributed by atoms with E-state index in [0.717, 1.165) is 4.57 Å². The zero-order valence-electron chi connectivity index (χ0n) is 21.0. The van der Waals surface area contributed by atoms with E-state index in [0.29, 0.717) is 0 Å². The van der Waals surface area contributed by atoms with E-state index >= 15 is 0 Å². The molecule has 0 bridgehead atoms. The van der Waals surface area contributed by atoms with Gasteiger partial charge in [0.1, 0.15) is 6.10 Å². The Morgan fingerprint density at radius 1 is 1.13 bits per heavy atom. The summed E-state index contributed by atoms with van der Waals surface area (Å²) in [4.78, 5) is 59.2. The summed E-state index contributed by atoms with van der Waals surface area (Å²) in [6.07, 6.45) is -5.41. The van der Waals surface area contributed by atoms with Crippen LogP contribution in [-0.4, -0.2) is 81.5 Å². The number of nitrogens with two attached hydrogens (primary N) is 1. The van der Waals surface area contributed by atoms with Crippen molar-refractivity contribution in [2.24, 2.45) is 11.7 Å². The summed E-state index contributed by atoms with van der Waals surface area (Å²) in [5, 5.41) is 19.2. The number of nitrogens with one attached hydrogen (secondary N) is 1. The van der Waals surface area contributed by atoms with Crippen molar-refractivity contribution in [2.45, 2.75) is 50.7 Å². The molecule has 1 aromatic carbocycles. The Bertz CT molecular complexity index is 1280. The number of hydrogen-bond acceptors (Lipinski definition) is 14. The van der Waals surface area contributed by atoms with Crippen LogP contribution in [0.5, 0.6) is 0 Å². The molecule has 1 aromatic heterocycles. The van der Waals surface area contributed by atoms with Gasteiger partial charge < -0.3 is 39.7 Å². The maximum atomic E-state index is 13.0. The number of aliphatic hydroxyl groups is 2. The molecule has 0 spiro atoms. The molecule has 5 N–H and O–H groups in total. The molecule has 15 nitrogen and oxygen atoms in total. The van der Waals surface area contributed by atoms with Crippen molar-refractivity contribution in [1.82, 2.24) is 9.55 Å². The maximum absolute atomic E-state index is 13.0. The quantitative estimate of drug-likeness (QED) is 0.129. The lowest BCUT2D eigenvalue weighted by molar-refractivity contribution is -0.156. The highest BCUT2D eigenvalue weighted by Gasteiger charge is 2.52. The first-order chi connectivity index (χ1) is 18.6. The van der Waals surface area contributed by atoms with Gasteiger partial charge in [-0.15, -0.1) is 0 Å². The van der Waals surface area contributed by atoms with Crippen LogP contribution in [0.4, 0.5) is 5.82 Å². The molecule has 2 aromatic rings. The van der Waals surface area contributed by atoms with Crippen LogP contribution in [-0.2, 0) is 28.6 Å². The second-order valence-electron chi connectivity index (χ2n) is 9.10. The molecule has 210 valence electrons. The van der Waals surface area contributed by atoms with E-state index in [9.17, 15) is 24.3 Å². The highest BCUT2D eigenvalue weighted by atomic mass is 16.7. The van der Waals surface area contributed by atoms with E-state index in [-0.39, 0.29) is 16.9 Å². The lowest BCUT2D eigenvalue weighted by Gasteiger charge is -2.27. The number of rotatable bonds is 9. The molecule has 0 aliphatic carbocycles. The number of carbonyl (C=O) groups is 3. The first-order valence-corrected chi connectivity index (χ1v) is 12.0. The van der Waals surface area contributed by atoms with Gasteiger partial charge in [-0.25, -0.2) is 24.7 Å². The third kappa shape index (κ3) is 6.07. The molecule has 0 radical (unpaired) electrons. The van der Waals surface area contributed by atoms with Crippen molar-refractivity contribution in [2.75, 3.05) is 18.7 Å². The molecule has 15 heteroatoms. The average molecular weight is 549 g/mol. The maximum Gasteiger partial charge on any atom is 0.351 e. The fourth-order valence-electron chi connectivity index (χ4n) is 3.84. The van der Waals surface area contributed by atoms with Crippen LogP contribution in [0.2, 0.25) is 0 Å². The number of esters is 2. The van der Waals surface area contributed by atoms with Crippen LogP contribution in [0.15, 0.2) is 41.3 Å². The summed E-state index contributed by atoms with van der Waals surface area (Å²) in [7, 11) is 0. The minimum absolute atomic E-state index is 0.0309. The molecule has 3 heterocycles. The van der Waals surface area contributed by atoms with Crippen LogP contribution in [0.1, 0.15) is 40.8 Å². The normalized spacial score (nSPS) is 23.9. The summed E-state index contributed by atoms with van der Waals surface area (Å²) in [6, 6.07) is 6.07. The third-order valence-electron chi connectivity index (χ3n) is 5.98. The van der Waals surface area contributed by atoms with Crippen LogP contribution in [0.3, 0.4) is 0 Å². The van der Waals surface area contributed by atoms with Gasteiger partial charge in [0, 0.05) is 12.3 Å². The van der Waals surface area contributed by atoms with Crippen LogP contribution >= 0.6 is 0 Å². The molecular weight excluding hydrogens is 520 g/mol. The summed E-state index contributed by atoms with van der Waals surface area (Å²) < 4.78 is 23.5. The van der Waals surface area contributed by atoms with Gasteiger partial charge in [-0.1, -0.05) is 26.0 Å². The third-order valence-corrected chi connectivity index (χ3v) is 5.98. The second kappa shape index (κ2) is 11.9. The molecule has 2 aliphatic heterocycles. The SMILES string of the molecule is CC(C)C(=O)ONc1ccn([C@@H]2O[C@H](COC(O)[C@@H](N)CO)[C@H]3OC(=O)c4ccccc4C(=O)O[C@H]32)c(=O)n1.